The number of nitrogens with one attached hydrogen (secondary N) is 3. The van der Waals surface area contributed by atoms with Crippen molar-refractivity contribution in [3.05, 3.63) is 29.3 Å². The van der Waals surface area contributed by atoms with E-state index in [-0.39, 0.29) is 42.5 Å². The molecule has 1 aromatic rings. The molecule has 148 valence electrons. The maximum absolute atomic E-state index is 12.9. The number of rotatable bonds is 4. The van der Waals surface area contributed by atoms with Crippen LogP contribution in [0.2, 0.25) is 0 Å². The number of fused-ring (bicyclic) bond motifs is 1. The van der Waals surface area contributed by atoms with Gasteiger partial charge in [-0.1, -0.05) is 0 Å². The van der Waals surface area contributed by atoms with Crippen molar-refractivity contribution >= 4 is 29.3 Å². The van der Waals surface area contributed by atoms with Crippen LogP contribution in [0.3, 0.4) is 0 Å². The second kappa shape index (κ2) is 7.33. The van der Waals surface area contributed by atoms with Gasteiger partial charge < -0.3 is 15.7 Å². The number of anilines is 1. The monoisotopic (exact) mass is 386 g/mol. The quantitative estimate of drug-likeness (QED) is 0.512. The van der Waals surface area contributed by atoms with E-state index in [0.29, 0.717) is 12.2 Å². The van der Waals surface area contributed by atoms with Crippen molar-refractivity contribution < 1.29 is 24.3 Å². The SMILES string of the molecule is O=C1CCC(N2C(=O)c3ccc(NC4CCNCC4CO)cc3C2=O)C(=O)N1. The maximum Gasteiger partial charge on any atom is 0.262 e. The number of aliphatic hydroxyl groups excluding tert-OH is 1. The van der Waals surface area contributed by atoms with Crippen LogP contribution in [0.15, 0.2) is 18.2 Å². The standard InChI is InChI=1S/C19H22N4O5/c24-9-10-8-20-6-5-14(10)21-11-1-2-12-13(7-11)19(28)23(18(12)27)15-3-4-16(25)22-17(15)26/h1-2,7,10,14-15,20-21,24H,3-6,8-9H2,(H,22,25,26). The Kier molecular flexibility index (Phi) is 4.86. The molecule has 0 aliphatic carbocycles. The fraction of sp³-hybridized carbons (Fsp3) is 0.474. The van der Waals surface area contributed by atoms with E-state index in [9.17, 15) is 24.3 Å². The summed E-state index contributed by atoms with van der Waals surface area (Å²) in [6.45, 7) is 1.59. The number of benzene rings is 1. The number of carbonyl (C=O) groups is 4. The maximum atomic E-state index is 12.9. The van der Waals surface area contributed by atoms with E-state index >= 15 is 0 Å². The van der Waals surface area contributed by atoms with Gasteiger partial charge in [-0.05, 0) is 37.6 Å². The molecule has 0 radical (unpaired) electrons. The van der Waals surface area contributed by atoms with Crippen LogP contribution in [0.25, 0.3) is 0 Å². The van der Waals surface area contributed by atoms with Crippen LogP contribution in [-0.4, -0.2) is 65.4 Å². The third kappa shape index (κ3) is 3.16. The molecule has 9 heteroatoms. The van der Waals surface area contributed by atoms with Crippen molar-refractivity contribution in [2.24, 2.45) is 5.92 Å². The molecule has 2 fully saturated rings. The Labute approximate surface area is 161 Å². The third-order valence-electron chi connectivity index (χ3n) is 5.63. The zero-order valence-electron chi connectivity index (χ0n) is 15.2. The van der Waals surface area contributed by atoms with Gasteiger partial charge >= 0.3 is 0 Å². The summed E-state index contributed by atoms with van der Waals surface area (Å²) in [5, 5.41) is 18.3. The van der Waals surface area contributed by atoms with E-state index < -0.39 is 29.7 Å². The van der Waals surface area contributed by atoms with Gasteiger partial charge in [0, 0.05) is 37.2 Å². The minimum atomic E-state index is -0.968. The summed E-state index contributed by atoms with van der Waals surface area (Å²) in [4.78, 5) is 50.0. The fourth-order valence-corrected chi connectivity index (χ4v) is 4.08. The van der Waals surface area contributed by atoms with Gasteiger partial charge in [-0.25, -0.2) is 0 Å². The zero-order chi connectivity index (χ0) is 19.8. The smallest absolute Gasteiger partial charge is 0.262 e. The predicted molar refractivity (Wildman–Crippen MR) is 98.6 cm³/mol. The number of hydrogen-bond acceptors (Lipinski definition) is 7. The van der Waals surface area contributed by atoms with Crippen LogP contribution < -0.4 is 16.0 Å². The summed E-state index contributed by atoms with van der Waals surface area (Å²) in [6, 6.07) is 4.03. The van der Waals surface area contributed by atoms with E-state index in [1.54, 1.807) is 18.2 Å². The summed E-state index contributed by atoms with van der Waals surface area (Å²) in [5.74, 6) is -2.01. The lowest BCUT2D eigenvalue weighted by molar-refractivity contribution is -0.136. The summed E-state index contributed by atoms with van der Waals surface area (Å²) in [5.41, 5.74) is 1.19. The highest BCUT2D eigenvalue weighted by Gasteiger charge is 2.44. The largest absolute Gasteiger partial charge is 0.396 e. The molecule has 0 saturated carbocycles. The molecule has 4 amide bonds. The summed E-state index contributed by atoms with van der Waals surface area (Å²) < 4.78 is 0. The normalized spacial score (nSPS) is 27.6. The first kappa shape index (κ1) is 18.6. The van der Waals surface area contributed by atoms with Gasteiger partial charge in [0.15, 0.2) is 0 Å². The van der Waals surface area contributed by atoms with Crippen molar-refractivity contribution in [1.29, 1.82) is 0 Å². The van der Waals surface area contributed by atoms with E-state index in [0.717, 1.165) is 17.9 Å². The van der Waals surface area contributed by atoms with Crippen LogP contribution >= 0.6 is 0 Å². The Morgan fingerprint density at radius 2 is 1.89 bits per heavy atom. The minimum absolute atomic E-state index is 0.0519. The van der Waals surface area contributed by atoms with Crippen LogP contribution in [0, 0.1) is 5.92 Å². The van der Waals surface area contributed by atoms with Gasteiger partial charge in [0.2, 0.25) is 11.8 Å². The van der Waals surface area contributed by atoms with Crippen molar-refractivity contribution in [2.45, 2.75) is 31.3 Å². The number of piperidine rings is 2. The Morgan fingerprint density at radius 1 is 1.11 bits per heavy atom. The molecule has 0 aromatic heterocycles. The highest BCUT2D eigenvalue weighted by atomic mass is 16.3. The molecule has 4 N–H and O–H groups in total. The first-order valence-corrected chi connectivity index (χ1v) is 9.43. The second-order valence-corrected chi connectivity index (χ2v) is 7.39. The molecule has 3 atom stereocenters. The number of imide groups is 2. The molecular formula is C19H22N4O5. The Balaban J connectivity index is 1.55. The highest BCUT2D eigenvalue weighted by Crippen LogP contribution is 2.30. The van der Waals surface area contributed by atoms with Crippen LogP contribution in [0.1, 0.15) is 40.0 Å². The highest BCUT2D eigenvalue weighted by molar-refractivity contribution is 6.23. The Morgan fingerprint density at radius 3 is 2.64 bits per heavy atom. The summed E-state index contributed by atoms with van der Waals surface area (Å²) >= 11 is 0. The van der Waals surface area contributed by atoms with Gasteiger partial charge in [0.1, 0.15) is 6.04 Å². The van der Waals surface area contributed by atoms with E-state index in [1.165, 1.54) is 0 Å². The summed E-state index contributed by atoms with van der Waals surface area (Å²) in [6.07, 6.45) is 1.06. The number of amides is 4. The topological polar surface area (TPSA) is 128 Å². The molecule has 1 aromatic carbocycles. The van der Waals surface area contributed by atoms with Gasteiger partial charge in [-0.3, -0.25) is 29.4 Å². The molecule has 3 aliphatic rings. The molecule has 3 aliphatic heterocycles. The molecule has 2 saturated heterocycles. The lowest BCUT2D eigenvalue weighted by Gasteiger charge is -2.32. The number of aliphatic hydroxyl groups is 1. The summed E-state index contributed by atoms with van der Waals surface area (Å²) in [7, 11) is 0. The molecular weight excluding hydrogens is 364 g/mol. The lowest BCUT2D eigenvalue weighted by Crippen LogP contribution is -2.54. The van der Waals surface area contributed by atoms with E-state index in [2.05, 4.69) is 16.0 Å². The minimum Gasteiger partial charge on any atom is -0.396 e. The van der Waals surface area contributed by atoms with Gasteiger partial charge in [-0.2, -0.15) is 0 Å². The van der Waals surface area contributed by atoms with E-state index in [4.69, 9.17) is 0 Å². The molecule has 4 rings (SSSR count). The molecule has 0 spiro atoms. The van der Waals surface area contributed by atoms with Gasteiger partial charge in [0.25, 0.3) is 11.8 Å². The average Bonchev–Trinajstić information content (AvgIpc) is 2.93. The van der Waals surface area contributed by atoms with Crippen molar-refractivity contribution in [1.82, 2.24) is 15.5 Å². The predicted octanol–water partition coefficient (Wildman–Crippen LogP) is -0.530. The fourth-order valence-electron chi connectivity index (χ4n) is 4.08. The molecule has 9 nitrogen and oxygen atoms in total. The first-order valence-electron chi connectivity index (χ1n) is 9.43. The molecule has 28 heavy (non-hydrogen) atoms. The van der Waals surface area contributed by atoms with Gasteiger partial charge in [-0.15, -0.1) is 0 Å². The van der Waals surface area contributed by atoms with Gasteiger partial charge in [0.05, 0.1) is 11.1 Å². The number of nitrogens with zero attached hydrogens (tertiary/aromatic N) is 1. The lowest BCUT2D eigenvalue weighted by atomic mass is 9.93. The van der Waals surface area contributed by atoms with Crippen LogP contribution in [0.4, 0.5) is 5.69 Å². The number of hydrogen-bond donors (Lipinski definition) is 4. The zero-order valence-corrected chi connectivity index (χ0v) is 15.2. The molecule has 0 bridgehead atoms. The Bertz CT molecular complexity index is 855. The first-order chi connectivity index (χ1) is 13.5. The molecule has 3 unspecified atom stereocenters. The Hall–Kier alpha value is -2.78. The average molecular weight is 386 g/mol. The van der Waals surface area contributed by atoms with Crippen LogP contribution in [-0.2, 0) is 9.59 Å². The number of carbonyl (C=O) groups excluding carboxylic acids is 4. The third-order valence-corrected chi connectivity index (χ3v) is 5.63. The van der Waals surface area contributed by atoms with Crippen LogP contribution in [0.5, 0.6) is 0 Å². The molecule has 3 heterocycles. The van der Waals surface area contributed by atoms with Crippen molar-refractivity contribution in [3.8, 4) is 0 Å². The second-order valence-electron chi connectivity index (χ2n) is 7.39. The van der Waals surface area contributed by atoms with Crippen molar-refractivity contribution in [3.63, 3.8) is 0 Å². The van der Waals surface area contributed by atoms with Crippen molar-refractivity contribution in [2.75, 3.05) is 25.0 Å². The van der Waals surface area contributed by atoms with E-state index in [1.807, 2.05) is 0 Å².